The highest BCUT2D eigenvalue weighted by atomic mass is 16.5. The van der Waals surface area contributed by atoms with Gasteiger partial charge < -0.3 is 25.8 Å². The van der Waals surface area contributed by atoms with Gasteiger partial charge in [-0.15, -0.1) is 0 Å². The lowest BCUT2D eigenvalue weighted by Crippen LogP contribution is -2.37. The van der Waals surface area contributed by atoms with E-state index in [1.54, 1.807) is 24.4 Å². The number of rotatable bonds is 8. The number of carboxylic acids is 1. The van der Waals surface area contributed by atoms with Crippen molar-refractivity contribution < 1.29 is 19.4 Å². The van der Waals surface area contributed by atoms with Crippen molar-refractivity contribution in [2.45, 2.75) is 6.42 Å². The molecular formula is C25H26N4O5. The number of carbonyl (C=O) groups is 2. The molecule has 2 aromatic carbocycles. The average Bonchev–Trinajstić information content (AvgIpc) is 2.85. The molecule has 176 valence electrons. The first-order valence-corrected chi connectivity index (χ1v) is 11.0. The zero-order chi connectivity index (χ0) is 24.1. The summed E-state index contributed by atoms with van der Waals surface area (Å²) in [4.78, 5) is 39.1. The first-order valence-electron chi connectivity index (χ1n) is 11.0. The number of nitrogens with two attached hydrogens (primary N) is 1. The maximum absolute atomic E-state index is 13.3. The number of aromatic nitrogens is 1. The third-order valence-corrected chi connectivity index (χ3v) is 5.75. The van der Waals surface area contributed by atoms with Gasteiger partial charge in [-0.1, -0.05) is 30.3 Å². The van der Waals surface area contributed by atoms with Crippen LogP contribution in [0.3, 0.4) is 0 Å². The van der Waals surface area contributed by atoms with E-state index in [0.717, 1.165) is 5.56 Å². The number of morpholine rings is 1. The molecule has 9 nitrogen and oxygen atoms in total. The van der Waals surface area contributed by atoms with Crippen LogP contribution >= 0.6 is 0 Å². The number of hydrogen-bond donors (Lipinski definition) is 3. The number of nitrogens with zero attached hydrogens (tertiary/aromatic N) is 2. The summed E-state index contributed by atoms with van der Waals surface area (Å²) in [7, 11) is 0. The highest BCUT2D eigenvalue weighted by Gasteiger charge is 2.22. The number of carbonyl (C=O) groups excluding carboxylic acids is 1. The Labute approximate surface area is 196 Å². The second-order valence-electron chi connectivity index (χ2n) is 7.91. The molecule has 4 rings (SSSR count). The minimum absolute atomic E-state index is 0.256. The topological polar surface area (TPSA) is 127 Å². The highest BCUT2D eigenvalue weighted by Crippen LogP contribution is 2.27. The second kappa shape index (κ2) is 10.2. The lowest BCUT2D eigenvalue weighted by atomic mass is 10.1. The summed E-state index contributed by atoms with van der Waals surface area (Å²) in [6.45, 7) is 2.60. The Bertz CT molecular complexity index is 1250. The Kier molecular flexibility index (Phi) is 6.93. The molecule has 0 unspecified atom stereocenters. The summed E-state index contributed by atoms with van der Waals surface area (Å²) >= 11 is 0. The number of benzene rings is 2. The lowest BCUT2D eigenvalue weighted by Gasteiger charge is -2.31. The van der Waals surface area contributed by atoms with E-state index < -0.39 is 17.4 Å². The number of aromatic carboxylic acids is 1. The van der Waals surface area contributed by atoms with Gasteiger partial charge >= 0.3 is 5.97 Å². The number of ether oxygens (including phenoxy) is 1. The average molecular weight is 463 g/mol. The van der Waals surface area contributed by atoms with E-state index in [2.05, 4.69) is 5.32 Å². The second-order valence-corrected chi connectivity index (χ2v) is 7.91. The summed E-state index contributed by atoms with van der Waals surface area (Å²) in [5.74, 6) is -1.90. The first kappa shape index (κ1) is 23.1. The summed E-state index contributed by atoms with van der Waals surface area (Å²) in [5.41, 5.74) is 7.19. The molecule has 0 radical (unpaired) electrons. The molecular weight excluding hydrogens is 436 g/mol. The van der Waals surface area contributed by atoms with Crippen LogP contribution in [0.5, 0.6) is 0 Å². The van der Waals surface area contributed by atoms with Crippen molar-refractivity contribution in [3.05, 3.63) is 87.8 Å². The molecule has 1 aliphatic heterocycles. The molecule has 0 saturated carbocycles. The van der Waals surface area contributed by atoms with Crippen molar-refractivity contribution in [3.8, 4) is 5.69 Å². The van der Waals surface area contributed by atoms with Gasteiger partial charge in [-0.3, -0.25) is 14.2 Å². The molecule has 0 aliphatic carbocycles. The van der Waals surface area contributed by atoms with Gasteiger partial charge in [0.05, 0.1) is 30.3 Å². The molecule has 1 aromatic heterocycles. The Morgan fingerprint density at radius 1 is 1.03 bits per heavy atom. The van der Waals surface area contributed by atoms with Crippen molar-refractivity contribution in [2.75, 3.05) is 43.1 Å². The van der Waals surface area contributed by atoms with E-state index in [-0.39, 0.29) is 11.3 Å². The van der Waals surface area contributed by atoms with Crippen molar-refractivity contribution in [1.82, 2.24) is 4.57 Å². The zero-order valence-electron chi connectivity index (χ0n) is 18.6. The van der Waals surface area contributed by atoms with Gasteiger partial charge in [0.15, 0.2) is 0 Å². The van der Waals surface area contributed by atoms with Crippen molar-refractivity contribution >= 4 is 23.3 Å². The van der Waals surface area contributed by atoms with E-state index in [1.807, 2.05) is 35.2 Å². The molecule has 1 saturated heterocycles. The number of anilines is 2. The number of pyridine rings is 1. The number of nitrogens with one attached hydrogen (secondary N) is 1. The molecule has 2 heterocycles. The molecule has 1 fully saturated rings. The van der Waals surface area contributed by atoms with Gasteiger partial charge in [0.2, 0.25) is 5.91 Å². The summed E-state index contributed by atoms with van der Waals surface area (Å²) in [5, 5.41) is 12.9. The molecule has 9 heteroatoms. The smallest absolute Gasteiger partial charge is 0.343 e. The van der Waals surface area contributed by atoms with E-state index in [4.69, 9.17) is 10.5 Å². The molecule has 1 amide bonds. The van der Waals surface area contributed by atoms with Crippen LogP contribution < -0.4 is 21.5 Å². The molecule has 1 aliphatic rings. The third-order valence-electron chi connectivity index (χ3n) is 5.75. The highest BCUT2D eigenvalue weighted by molar-refractivity contribution is 5.95. The lowest BCUT2D eigenvalue weighted by molar-refractivity contribution is 0.0695. The molecule has 34 heavy (non-hydrogen) atoms. The van der Waals surface area contributed by atoms with Crippen LogP contribution in [0.4, 0.5) is 11.4 Å². The van der Waals surface area contributed by atoms with E-state index >= 15 is 0 Å². The third kappa shape index (κ3) is 4.94. The van der Waals surface area contributed by atoms with Crippen molar-refractivity contribution in [3.63, 3.8) is 0 Å². The minimum atomic E-state index is -1.32. The van der Waals surface area contributed by atoms with Gasteiger partial charge in [-0.05, 0) is 36.2 Å². The van der Waals surface area contributed by atoms with Crippen LogP contribution in [0, 0.1) is 0 Å². The van der Waals surface area contributed by atoms with Gasteiger partial charge in [-0.25, -0.2) is 4.79 Å². The van der Waals surface area contributed by atoms with Crippen LogP contribution in [-0.2, 0) is 11.2 Å². The van der Waals surface area contributed by atoms with E-state index in [0.29, 0.717) is 56.2 Å². The Hall–Kier alpha value is -4.11. The van der Waals surface area contributed by atoms with Crippen molar-refractivity contribution in [2.24, 2.45) is 5.73 Å². The fourth-order valence-electron chi connectivity index (χ4n) is 4.00. The summed E-state index contributed by atoms with van der Waals surface area (Å²) < 4.78 is 6.71. The standard InChI is InChI=1S/C25H26N4O5/c26-23(30)18-6-7-20(21(16-18)28-12-14-34-15-13-28)29-11-9-19(22(24(29)31)25(32)33)27-10-8-17-4-2-1-3-5-17/h1-7,9,11,16,27H,8,10,12-15H2,(H2,26,30)(H,32,33). The number of hydrogen-bond acceptors (Lipinski definition) is 6. The van der Waals surface area contributed by atoms with E-state index in [1.165, 1.54) is 10.6 Å². The monoisotopic (exact) mass is 462 g/mol. The van der Waals surface area contributed by atoms with E-state index in [9.17, 15) is 19.5 Å². The number of primary amides is 1. The molecule has 0 atom stereocenters. The number of amides is 1. The maximum atomic E-state index is 13.3. The molecule has 3 aromatic rings. The Morgan fingerprint density at radius 3 is 2.44 bits per heavy atom. The molecule has 4 N–H and O–H groups in total. The first-order chi connectivity index (χ1) is 16.5. The Morgan fingerprint density at radius 2 is 1.76 bits per heavy atom. The van der Waals surface area contributed by atoms with Crippen LogP contribution in [0.15, 0.2) is 65.6 Å². The van der Waals surface area contributed by atoms with Gasteiger partial charge in [-0.2, -0.15) is 0 Å². The number of carboxylic acid groups (broad SMARTS) is 1. The summed E-state index contributed by atoms with van der Waals surface area (Å²) in [6.07, 6.45) is 2.22. The quantitative estimate of drug-likeness (QED) is 0.468. The van der Waals surface area contributed by atoms with Gasteiger partial charge in [0, 0.05) is 31.4 Å². The SMILES string of the molecule is NC(=O)c1ccc(-n2ccc(NCCc3ccccc3)c(C(=O)O)c2=O)c(N2CCOCC2)c1. The minimum Gasteiger partial charge on any atom is -0.477 e. The molecule has 0 bridgehead atoms. The molecule has 0 spiro atoms. The van der Waals surface area contributed by atoms with Crippen LogP contribution in [0.25, 0.3) is 5.69 Å². The van der Waals surface area contributed by atoms with Gasteiger partial charge in [0.25, 0.3) is 5.56 Å². The predicted octanol–water partition coefficient (Wildman–Crippen LogP) is 2.13. The fraction of sp³-hybridized carbons (Fsp3) is 0.240. The normalized spacial score (nSPS) is 13.5. The largest absolute Gasteiger partial charge is 0.477 e. The van der Waals surface area contributed by atoms with Crippen LogP contribution in [0.2, 0.25) is 0 Å². The fourth-order valence-corrected chi connectivity index (χ4v) is 4.00. The van der Waals surface area contributed by atoms with Crippen molar-refractivity contribution in [1.29, 1.82) is 0 Å². The van der Waals surface area contributed by atoms with Crippen LogP contribution in [0.1, 0.15) is 26.3 Å². The maximum Gasteiger partial charge on any atom is 0.343 e. The van der Waals surface area contributed by atoms with Gasteiger partial charge in [0.1, 0.15) is 5.56 Å². The van der Waals surface area contributed by atoms with Crippen LogP contribution in [-0.4, -0.2) is 54.4 Å². The Balaban J connectivity index is 1.70. The predicted molar refractivity (Wildman–Crippen MR) is 129 cm³/mol. The summed E-state index contributed by atoms with van der Waals surface area (Å²) in [6, 6.07) is 16.1. The zero-order valence-corrected chi connectivity index (χ0v) is 18.6.